The van der Waals surface area contributed by atoms with E-state index in [0.717, 1.165) is 4.88 Å². The van der Waals surface area contributed by atoms with Crippen LogP contribution >= 0.6 is 11.3 Å². The molecule has 0 saturated carbocycles. The molecule has 0 aromatic carbocycles. The van der Waals surface area contributed by atoms with Crippen molar-refractivity contribution in [2.75, 3.05) is 7.11 Å². The van der Waals surface area contributed by atoms with Crippen LogP contribution in [0.2, 0.25) is 0 Å². The lowest BCUT2D eigenvalue weighted by Crippen LogP contribution is -2.33. The molecule has 0 aliphatic rings. The molecule has 0 fully saturated rings. The Morgan fingerprint density at radius 1 is 1.64 bits per heavy atom. The molecular weight excluding hydrogens is 200 g/mol. The second kappa shape index (κ2) is 5.07. The Labute approximate surface area is 87.3 Å². The summed E-state index contributed by atoms with van der Waals surface area (Å²) in [6.07, 6.45) is 1.68. The Hall–Kier alpha value is -0.940. The van der Waals surface area contributed by atoms with Gasteiger partial charge in [-0.25, -0.2) is 4.79 Å². The Balaban J connectivity index is 2.77. The van der Waals surface area contributed by atoms with Gasteiger partial charge in [0.25, 0.3) is 0 Å². The van der Waals surface area contributed by atoms with Crippen molar-refractivity contribution in [1.82, 2.24) is 10.3 Å². The van der Waals surface area contributed by atoms with E-state index in [1.54, 1.807) is 11.7 Å². The van der Waals surface area contributed by atoms with Gasteiger partial charge in [0, 0.05) is 12.2 Å². The van der Waals surface area contributed by atoms with Crippen LogP contribution in [0.1, 0.15) is 24.8 Å². The number of thiazole rings is 1. The van der Waals surface area contributed by atoms with Gasteiger partial charge in [-0.3, -0.25) is 10.3 Å². The monoisotopic (exact) mass is 214 g/mol. The van der Waals surface area contributed by atoms with Gasteiger partial charge < -0.3 is 4.74 Å². The first-order valence-corrected chi connectivity index (χ1v) is 5.25. The van der Waals surface area contributed by atoms with E-state index in [9.17, 15) is 4.79 Å². The van der Waals surface area contributed by atoms with E-state index in [-0.39, 0.29) is 12.0 Å². The summed E-state index contributed by atoms with van der Waals surface area (Å²) in [7, 11) is 1.39. The first kappa shape index (κ1) is 11.1. The SMILES string of the molecule is COC(=O)C(NC(C)C)c1cncs1. The van der Waals surface area contributed by atoms with Gasteiger partial charge >= 0.3 is 5.97 Å². The number of hydrogen-bond donors (Lipinski definition) is 1. The third kappa shape index (κ3) is 2.78. The van der Waals surface area contributed by atoms with E-state index in [2.05, 4.69) is 10.3 Å². The normalized spacial score (nSPS) is 12.9. The van der Waals surface area contributed by atoms with Crippen molar-refractivity contribution in [1.29, 1.82) is 0 Å². The molecule has 1 N–H and O–H groups in total. The van der Waals surface area contributed by atoms with Crippen LogP contribution in [0.3, 0.4) is 0 Å². The van der Waals surface area contributed by atoms with Crippen LogP contribution in [0.25, 0.3) is 0 Å². The standard InChI is InChI=1S/C9H14N2O2S/c1-6(2)11-8(9(12)13-3)7-4-10-5-14-7/h4-6,8,11H,1-3H3. The Bertz CT molecular complexity index is 285. The van der Waals surface area contributed by atoms with Crippen LogP contribution in [-0.4, -0.2) is 24.1 Å². The summed E-state index contributed by atoms with van der Waals surface area (Å²) in [5.74, 6) is -0.275. The fraction of sp³-hybridized carbons (Fsp3) is 0.556. The van der Waals surface area contributed by atoms with Crippen molar-refractivity contribution in [2.45, 2.75) is 25.9 Å². The van der Waals surface area contributed by atoms with Crippen molar-refractivity contribution in [2.24, 2.45) is 0 Å². The third-order valence-electron chi connectivity index (χ3n) is 1.67. The minimum absolute atomic E-state index is 0.223. The molecule has 0 bridgehead atoms. The summed E-state index contributed by atoms with van der Waals surface area (Å²) in [5, 5.41) is 3.13. The number of rotatable bonds is 4. The van der Waals surface area contributed by atoms with Crippen molar-refractivity contribution in [3.8, 4) is 0 Å². The number of carbonyl (C=O) groups is 1. The molecule has 0 aliphatic carbocycles. The van der Waals surface area contributed by atoms with Gasteiger partial charge in [0.15, 0.2) is 0 Å². The number of nitrogens with one attached hydrogen (secondary N) is 1. The maximum atomic E-state index is 11.4. The van der Waals surface area contributed by atoms with Gasteiger partial charge in [-0.05, 0) is 13.8 Å². The summed E-state index contributed by atoms with van der Waals surface area (Å²) in [6, 6.07) is -0.173. The quantitative estimate of drug-likeness (QED) is 0.769. The molecule has 0 amide bonds. The number of ether oxygens (including phenoxy) is 1. The second-order valence-electron chi connectivity index (χ2n) is 3.18. The summed E-state index contributed by atoms with van der Waals surface area (Å²) >= 11 is 1.44. The van der Waals surface area contributed by atoms with Gasteiger partial charge in [0.05, 0.1) is 17.5 Å². The zero-order valence-electron chi connectivity index (χ0n) is 8.48. The van der Waals surface area contributed by atoms with E-state index in [4.69, 9.17) is 4.74 Å². The highest BCUT2D eigenvalue weighted by Gasteiger charge is 2.22. The zero-order chi connectivity index (χ0) is 10.6. The average Bonchev–Trinajstić information content (AvgIpc) is 2.65. The van der Waals surface area contributed by atoms with Gasteiger partial charge in [-0.2, -0.15) is 0 Å². The van der Waals surface area contributed by atoms with E-state index in [1.807, 2.05) is 13.8 Å². The molecule has 5 heteroatoms. The summed E-state index contributed by atoms with van der Waals surface area (Å²) < 4.78 is 4.71. The summed E-state index contributed by atoms with van der Waals surface area (Å²) in [5.41, 5.74) is 1.70. The molecule has 1 aromatic rings. The first-order valence-electron chi connectivity index (χ1n) is 4.37. The van der Waals surface area contributed by atoms with Crippen LogP contribution in [0.5, 0.6) is 0 Å². The van der Waals surface area contributed by atoms with Crippen molar-refractivity contribution in [3.63, 3.8) is 0 Å². The topological polar surface area (TPSA) is 51.2 Å². The van der Waals surface area contributed by atoms with Gasteiger partial charge in [-0.1, -0.05) is 0 Å². The predicted octanol–water partition coefficient (Wildman–Crippen LogP) is 1.36. The molecule has 1 heterocycles. The molecule has 1 aromatic heterocycles. The van der Waals surface area contributed by atoms with E-state index in [1.165, 1.54) is 18.4 Å². The van der Waals surface area contributed by atoms with E-state index >= 15 is 0 Å². The van der Waals surface area contributed by atoms with Gasteiger partial charge in [0.2, 0.25) is 0 Å². The summed E-state index contributed by atoms with van der Waals surface area (Å²) in [4.78, 5) is 16.3. The molecule has 1 unspecified atom stereocenters. The Kier molecular flexibility index (Phi) is 4.03. The van der Waals surface area contributed by atoms with Crippen molar-refractivity contribution >= 4 is 17.3 Å². The Morgan fingerprint density at radius 3 is 2.79 bits per heavy atom. The van der Waals surface area contributed by atoms with Gasteiger partial charge in [0.1, 0.15) is 6.04 Å². The molecule has 1 rings (SSSR count). The first-order chi connectivity index (χ1) is 6.65. The highest BCUT2D eigenvalue weighted by Crippen LogP contribution is 2.18. The lowest BCUT2D eigenvalue weighted by molar-refractivity contribution is -0.143. The number of aromatic nitrogens is 1. The molecule has 0 saturated heterocycles. The fourth-order valence-corrected chi connectivity index (χ4v) is 1.75. The van der Waals surface area contributed by atoms with Crippen LogP contribution in [0, 0.1) is 0 Å². The summed E-state index contributed by atoms with van der Waals surface area (Å²) in [6.45, 7) is 3.97. The van der Waals surface area contributed by atoms with E-state index in [0.29, 0.717) is 0 Å². The molecule has 0 aliphatic heterocycles. The third-order valence-corrected chi connectivity index (χ3v) is 2.51. The lowest BCUT2D eigenvalue weighted by Gasteiger charge is -2.16. The number of nitrogens with zero attached hydrogens (tertiary/aromatic N) is 1. The van der Waals surface area contributed by atoms with Crippen molar-refractivity contribution < 1.29 is 9.53 Å². The minimum atomic E-state index is -0.396. The maximum Gasteiger partial charge on any atom is 0.328 e. The molecule has 14 heavy (non-hydrogen) atoms. The predicted molar refractivity (Wildman–Crippen MR) is 55.1 cm³/mol. The fourth-order valence-electron chi connectivity index (χ4n) is 1.09. The molecule has 1 atom stereocenters. The van der Waals surface area contributed by atoms with Gasteiger partial charge in [-0.15, -0.1) is 11.3 Å². The largest absolute Gasteiger partial charge is 0.468 e. The molecule has 0 spiro atoms. The van der Waals surface area contributed by atoms with E-state index < -0.39 is 6.04 Å². The number of hydrogen-bond acceptors (Lipinski definition) is 5. The molecule has 78 valence electrons. The highest BCUT2D eigenvalue weighted by atomic mass is 32.1. The van der Waals surface area contributed by atoms with Crippen LogP contribution in [-0.2, 0) is 9.53 Å². The number of esters is 1. The minimum Gasteiger partial charge on any atom is -0.468 e. The van der Waals surface area contributed by atoms with Crippen LogP contribution < -0.4 is 5.32 Å². The highest BCUT2D eigenvalue weighted by molar-refractivity contribution is 7.09. The van der Waals surface area contributed by atoms with Crippen LogP contribution in [0.4, 0.5) is 0 Å². The molecular formula is C9H14N2O2S. The Morgan fingerprint density at radius 2 is 2.36 bits per heavy atom. The average molecular weight is 214 g/mol. The molecule has 0 radical (unpaired) electrons. The second-order valence-corrected chi connectivity index (χ2v) is 4.10. The molecule has 4 nitrogen and oxygen atoms in total. The maximum absolute atomic E-state index is 11.4. The number of carbonyl (C=O) groups excluding carboxylic acids is 1. The smallest absolute Gasteiger partial charge is 0.328 e. The van der Waals surface area contributed by atoms with Crippen LogP contribution in [0.15, 0.2) is 11.7 Å². The number of methoxy groups -OCH3 is 1. The lowest BCUT2D eigenvalue weighted by atomic mass is 10.2. The zero-order valence-corrected chi connectivity index (χ0v) is 9.30. The van der Waals surface area contributed by atoms with Crippen molar-refractivity contribution in [3.05, 3.63) is 16.6 Å².